The lowest BCUT2D eigenvalue weighted by molar-refractivity contribution is -0.116. The van der Waals surface area contributed by atoms with Crippen molar-refractivity contribution in [1.82, 2.24) is 10.2 Å². The van der Waals surface area contributed by atoms with Gasteiger partial charge in [0.05, 0.1) is 10.5 Å². The highest BCUT2D eigenvalue weighted by Crippen LogP contribution is 2.42. The monoisotopic (exact) mass is 459 g/mol. The molecule has 0 aromatic heterocycles. The maximum absolute atomic E-state index is 13.9. The predicted molar refractivity (Wildman–Crippen MR) is 122 cm³/mol. The number of piperidine rings is 1. The van der Waals surface area contributed by atoms with Gasteiger partial charge in [0, 0.05) is 48.9 Å². The minimum atomic E-state index is -0.810. The van der Waals surface area contributed by atoms with Crippen LogP contribution in [0.4, 0.5) is 8.78 Å². The van der Waals surface area contributed by atoms with Gasteiger partial charge in [0.25, 0.3) is 11.8 Å². The summed E-state index contributed by atoms with van der Waals surface area (Å²) in [5.41, 5.74) is -0.0702. The number of amides is 2. The van der Waals surface area contributed by atoms with E-state index in [2.05, 4.69) is 10.3 Å². The van der Waals surface area contributed by atoms with Crippen molar-refractivity contribution in [2.75, 3.05) is 19.6 Å². The van der Waals surface area contributed by atoms with Crippen LogP contribution in [0.5, 0.6) is 0 Å². The number of allylic oxidation sites excluding steroid dienone is 2. The van der Waals surface area contributed by atoms with Crippen LogP contribution >= 0.6 is 11.8 Å². The summed E-state index contributed by atoms with van der Waals surface area (Å²) in [4.78, 5) is 32.6. The fourth-order valence-corrected chi connectivity index (χ4v) is 5.42. The van der Waals surface area contributed by atoms with Crippen LogP contribution in [0.3, 0.4) is 0 Å². The molecular weight excluding hydrogens is 432 g/mol. The fraction of sp³-hybridized carbons (Fsp3) is 0.458. The van der Waals surface area contributed by atoms with Gasteiger partial charge in [-0.2, -0.15) is 0 Å². The Kier molecular flexibility index (Phi) is 7.40. The third-order valence-electron chi connectivity index (χ3n) is 6.22. The number of fused-ring (bicyclic) bond motifs is 1. The Morgan fingerprint density at radius 2 is 2.00 bits per heavy atom. The summed E-state index contributed by atoms with van der Waals surface area (Å²) in [6, 6.07) is 3.08. The number of carbonyl (C=O) groups excluding carboxylic acids is 2. The van der Waals surface area contributed by atoms with E-state index < -0.39 is 11.6 Å². The van der Waals surface area contributed by atoms with E-state index in [1.165, 1.54) is 17.8 Å². The Morgan fingerprint density at radius 3 is 2.75 bits per heavy atom. The molecule has 1 unspecified atom stereocenters. The molecule has 0 aliphatic carbocycles. The third kappa shape index (κ3) is 5.46. The zero-order valence-electron chi connectivity index (χ0n) is 17.9. The number of nitrogens with one attached hydrogen (secondary N) is 1. The fourth-order valence-electron chi connectivity index (χ4n) is 4.34. The molecule has 0 bridgehead atoms. The van der Waals surface area contributed by atoms with Crippen LogP contribution in [0.15, 0.2) is 45.3 Å². The first-order valence-electron chi connectivity index (χ1n) is 11.1. The smallest absolute Gasteiger partial charge is 0.257 e. The number of rotatable bonds is 7. The van der Waals surface area contributed by atoms with Crippen molar-refractivity contribution < 1.29 is 18.4 Å². The van der Waals surface area contributed by atoms with Crippen molar-refractivity contribution in [1.29, 1.82) is 0 Å². The topological polar surface area (TPSA) is 61.8 Å². The van der Waals surface area contributed by atoms with Gasteiger partial charge < -0.3 is 10.2 Å². The molecule has 1 aromatic carbocycles. The SMILES string of the molecule is O=C(NCCCCC1CCN(C(=O)c2ccc(F)cc2F)CC1)C1=CC2CC=NC=C2S1. The Labute approximate surface area is 191 Å². The Balaban J connectivity index is 1.12. The summed E-state index contributed by atoms with van der Waals surface area (Å²) in [5.74, 6) is -1.05. The van der Waals surface area contributed by atoms with E-state index in [0.717, 1.165) is 60.5 Å². The first-order chi connectivity index (χ1) is 15.5. The number of hydrogen-bond donors (Lipinski definition) is 1. The predicted octanol–water partition coefficient (Wildman–Crippen LogP) is 4.67. The number of nitrogens with zero attached hydrogens (tertiary/aromatic N) is 2. The number of carbonyl (C=O) groups is 2. The lowest BCUT2D eigenvalue weighted by atomic mass is 9.91. The highest BCUT2D eigenvalue weighted by atomic mass is 32.2. The van der Waals surface area contributed by atoms with Crippen LogP contribution in [0, 0.1) is 23.5 Å². The first-order valence-corrected chi connectivity index (χ1v) is 12.0. The van der Waals surface area contributed by atoms with E-state index in [1.807, 2.05) is 18.5 Å². The molecule has 1 fully saturated rings. The molecule has 8 heteroatoms. The van der Waals surface area contributed by atoms with Crippen molar-refractivity contribution in [2.24, 2.45) is 16.8 Å². The quantitative estimate of drug-likeness (QED) is 0.603. The number of thioether (sulfide) groups is 1. The summed E-state index contributed by atoms with van der Waals surface area (Å²) in [5, 5.41) is 3.01. The van der Waals surface area contributed by atoms with Gasteiger partial charge in [-0.15, -0.1) is 0 Å². The van der Waals surface area contributed by atoms with E-state index in [-0.39, 0.29) is 17.4 Å². The largest absolute Gasteiger partial charge is 0.352 e. The number of aliphatic imine (C=N–C) groups is 1. The average Bonchev–Trinajstić information content (AvgIpc) is 3.23. The van der Waals surface area contributed by atoms with E-state index in [0.29, 0.717) is 31.5 Å². The summed E-state index contributed by atoms with van der Waals surface area (Å²) in [6.07, 6.45) is 11.3. The molecule has 0 saturated carbocycles. The van der Waals surface area contributed by atoms with E-state index in [9.17, 15) is 18.4 Å². The Morgan fingerprint density at radius 1 is 1.19 bits per heavy atom. The minimum absolute atomic E-state index is 0.00912. The van der Waals surface area contributed by atoms with Crippen LogP contribution in [-0.2, 0) is 4.79 Å². The van der Waals surface area contributed by atoms with Gasteiger partial charge in [-0.25, -0.2) is 8.78 Å². The standard InChI is InChI=1S/C24H27F2N3O2S/c25-18-4-5-19(20(26)14-18)24(31)29-11-7-16(8-12-29)3-1-2-9-28-23(30)21-13-17-6-10-27-15-22(17)32-21/h4-5,10,13-17H,1-3,6-9,11-12H2,(H,28,30). The molecule has 4 rings (SSSR count). The molecule has 1 atom stereocenters. The van der Waals surface area contributed by atoms with Crippen molar-refractivity contribution in [3.8, 4) is 0 Å². The zero-order valence-corrected chi connectivity index (χ0v) is 18.7. The lowest BCUT2D eigenvalue weighted by Crippen LogP contribution is -2.38. The Bertz CT molecular complexity index is 968. The maximum atomic E-state index is 13.9. The van der Waals surface area contributed by atoms with Crippen molar-refractivity contribution in [3.63, 3.8) is 0 Å². The van der Waals surface area contributed by atoms with Crippen LogP contribution in [-0.4, -0.2) is 42.6 Å². The van der Waals surface area contributed by atoms with E-state index in [1.54, 1.807) is 4.90 Å². The molecule has 2 amide bonds. The van der Waals surface area contributed by atoms with Gasteiger partial charge in [-0.3, -0.25) is 14.6 Å². The number of unbranched alkanes of at least 4 members (excludes halogenated alkanes) is 1. The summed E-state index contributed by atoms with van der Waals surface area (Å²) >= 11 is 1.51. The minimum Gasteiger partial charge on any atom is -0.352 e. The lowest BCUT2D eigenvalue weighted by Gasteiger charge is -2.32. The van der Waals surface area contributed by atoms with E-state index in [4.69, 9.17) is 0 Å². The van der Waals surface area contributed by atoms with Crippen LogP contribution in [0.1, 0.15) is 48.9 Å². The molecule has 3 aliphatic rings. The maximum Gasteiger partial charge on any atom is 0.257 e. The second-order valence-corrected chi connectivity index (χ2v) is 9.57. The molecule has 1 N–H and O–H groups in total. The zero-order chi connectivity index (χ0) is 22.5. The highest BCUT2D eigenvalue weighted by Gasteiger charge is 2.27. The molecule has 3 aliphatic heterocycles. The molecule has 32 heavy (non-hydrogen) atoms. The van der Waals surface area contributed by atoms with Crippen molar-refractivity contribution >= 4 is 29.8 Å². The summed E-state index contributed by atoms with van der Waals surface area (Å²) < 4.78 is 26.9. The second-order valence-electron chi connectivity index (χ2n) is 8.45. The number of hydrogen-bond acceptors (Lipinski definition) is 4. The molecular formula is C24H27F2N3O2S. The summed E-state index contributed by atoms with van der Waals surface area (Å²) in [6.45, 7) is 1.82. The second kappa shape index (κ2) is 10.4. The van der Waals surface area contributed by atoms with Gasteiger partial charge in [-0.1, -0.05) is 30.7 Å². The number of halogens is 2. The van der Waals surface area contributed by atoms with Gasteiger partial charge in [0.2, 0.25) is 0 Å². The normalized spacial score (nSPS) is 20.6. The highest BCUT2D eigenvalue weighted by molar-refractivity contribution is 8.07. The molecule has 5 nitrogen and oxygen atoms in total. The van der Waals surface area contributed by atoms with Gasteiger partial charge in [0.1, 0.15) is 11.6 Å². The molecule has 1 saturated heterocycles. The van der Waals surface area contributed by atoms with E-state index >= 15 is 0 Å². The molecule has 0 spiro atoms. The van der Waals surface area contributed by atoms with Gasteiger partial charge in [-0.05, 0) is 43.7 Å². The third-order valence-corrected chi connectivity index (χ3v) is 7.41. The van der Waals surface area contributed by atoms with Crippen LogP contribution < -0.4 is 5.32 Å². The molecule has 0 radical (unpaired) electrons. The molecule has 170 valence electrons. The van der Waals surface area contributed by atoms with Crippen LogP contribution in [0.2, 0.25) is 0 Å². The Hall–Kier alpha value is -2.48. The van der Waals surface area contributed by atoms with Crippen molar-refractivity contribution in [2.45, 2.75) is 38.5 Å². The van der Waals surface area contributed by atoms with Gasteiger partial charge in [0.15, 0.2) is 0 Å². The first kappa shape index (κ1) is 22.7. The van der Waals surface area contributed by atoms with Crippen LogP contribution in [0.25, 0.3) is 0 Å². The average molecular weight is 460 g/mol. The number of likely N-dealkylation sites (tertiary alicyclic amines) is 1. The molecule has 3 heterocycles. The summed E-state index contributed by atoms with van der Waals surface area (Å²) in [7, 11) is 0. The molecule has 1 aromatic rings. The number of benzene rings is 1. The van der Waals surface area contributed by atoms with Crippen molar-refractivity contribution in [3.05, 3.63) is 57.5 Å². The van der Waals surface area contributed by atoms with Gasteiger partial charge >= 0.3 is 0 Å².